The minimum Gasteiger partial charge on any atom is -0.503 e. The van der Waals surface area contributed by atoms with Crippen molar-refractivity contribution in [2.45, 2.75) is 25.7 Å². The van der Waals surface area contributed by atoms with Crippen LogP contribution < -0.4 is 19.4 Å². The first-order chi connectivity index (χ1) is 23.6. The van der Waals surface area contributed by atoms with Crippen LogP contribution >= 0.6 is 15.9 Å². The molecule has 252 valence electrons. The fourth-order valence-electron chi connectivity index (χ4n) is 9.02. The molecular formula is C38H36BrN3O7. The summed E-state index contributed by atoms with van der Waals surface area (Å²) in [6.45, 7) is 4.68. The largest absolute Gasteiger partial charge is 0.503 e. The van der Waals surface area contributed by atoms with E-state index in [1.165, 1.54) is 16.9 Å². The monoisotopic (exact) mass is 725 g/mol. The minimum atomic E-state index is -1.20. The van der Waals surface area contributed by atoms with Crippen LogP contribution in [0.1, 0.15) is 31.2 Å². The summed E-state index contributed by atoms with van der Waals surface area (Å²) < 4.78 is 11.4. The lowest BCUT2D eigenvalue weighted by molar-refractivity contribution is -0.131. The Morgan fingerprint density at radius 3 is 2.22 bits per heavy atom. The maximum atomic E-state index is 14.6. The number of hydrogen-bond acceptors (Lipinski definition) is 8. The Bertz CT molecular complexity index is 1910. The van der Waals surface area contributed by atoms with Crippen LogP contribution in [0, 0.1) is 29.1 Å². The number of phenols is 1. The summed E-state index contributed by atoms with van der Waals surface area (Å²) in [5.74, 6) is -4.13. The molecule has 1 saturated carbocycles. The van der Waals surface area contributed by atoms with E-state index in [1.807, 2.05) is 43.3 Å². The number of fused-ring (bicyclic) bond motifs is 4. The summed E-state index contributed by atoms with van der Waals surface area (Å²) in [5, 5.41) is 10.7. The number of allylic oxidation sites excluding steroid dienone is 2. The van der Waals surface area contributed by atoms with Gasteiger partial charge in [0.2, 0.25) is 23.6 Å². The molecule has 3 heterocycles. The number of morpholine rings is 1. The molecule has 3 aromatic rings. The molecule has 0 radical (unpaired) electrons. The summed E-state index contributed by atoms with van der Waals surface area (Å²) in [7, 11) is 1.45. The van der Waals surface area contributed by atoms with E-state index in [9.17, 15) is 24.3 Å². The highest BCUT2D eigenvalue weighted by Gasteiger charge is 2.67. The number of para-hydroxylation sites is 1. The predicted molar refractivity (Wildman–Crippen MR) is 185 cm³/mol. The van der Waals surface area contributed by atoms with Crippen molar-refractivity contribution in [1.82, 2.24) is 0 Å². The number of halogens is 1. The van der Waals surface area contributed by atoms with Crippen LogP contribution in [0.2, 0.25) is 0 Å². The Labute approximate surface area is 292 Å². The molecule has 2 aliphatic carbocycles. The second-order valence-electron chi connectivity index (χ2n) is 13.7. The number of hydrogen-bond donors (Lipinski definition) is 1. The van der Waals surface area contributed by atoms with E-state index in [-0.39, 0.29) is 41.5 Å². The smallest absolute Gasteiger partial charge is 0.241 e. The van der Waals surface area contributed by atoms with Gasteiger partial charge in [-0.15, -0.1) is 0 Å². The summed E-state index contributed by atoms with van der Waals surface area (Å²) in [5.41, 5.74) is 2.35. The van der Waals surface area contributed by atoms with Crippen molar-refractivity contribution in [2.24, 2.45) is 29.1 Å². The van der Waals surface area contributed by atoms with Crippen LogP contribution in [0.15, 0.2) is 82.9 Å². The number of aromatic hydroxyl groups is 1. The number of carbonyl (C=O) groups excluding carboxylic acids is 4. The number of rotatable bonds is 5. The third-order valence-corrected chi connectivity index (χ3v) is 12.0. The molecule has 0 unspecified atom stereocenters. The van der Waals surface area contributed by atoms with Crippen molar-refractivity contribution in [3.8, 4) is 11.5 Å². The Balaban J connectivity index is 1.21. The van der Waals surface area contributed by atoms with Crippen molar-refractivity contribution in [2.75, 3.05) is 48.1 Å². The van der Waals surface area contributed by atoms with Gasteiger partial charge < -0.3 is 19.5 Å². The van der Waals surface area contributed by atoms with Gasteiger partial charge in [0, 0.05) is 24.7 Å². The minimum absolute atomic E-state index is 0.0791. The molecule has 8 rings (SSSR count). The third-order valence-electron chi connectivity index (χ3n) is 11.4. The quantitative estimate of drug-likeness (QED) is 0.273. The molecule has 0 spiro atoms. The van der Waals surface area contributed by atoms with Crippen LogP contribution in [-0.2, 0) is 23.9 Å². The molecule has 3 aromatic carbocycles. The Hall–Kier alpha value is -4.48. The zero-order valence-electron chi connectivity index (χ0n) is 27.2. The molecule has 4 fully saturated rings. The molecule has 1 N–H and O–H groups in total. The molecule has 10 nitrogen and oxygen atoms in total. The number of ether oxygens (including phenoxy) is 2. The van der Waals surface area contributed by atoms with E-state index >= 15 is 0 Å². The predicted octanol–water partition coefficient (Wildman–Crippen LogP) is 5.44. The lowest BCUT2D eigenvalue weighted by atomic mass is 9.51. The Morgan fingerprint density at radius 2 is 1.53 bits per heavy atom. The average Bonchev–Trinajstić information content (AvgIpc) is 3.49. The summed E-state index contributed by atoms with van der Waals surface area (Å²) in [4.78, 5) is 62.3. The highest BCUT2D eigenvalue weighted by atomic mass is 79.9. The third kappa shape index (κ3) is 4.69. The topological polar surface area (TPSA) is 117 Å². The van der Waals surface area contributed by atoms with E-state index in [4.69, 9.17) is 9.47 Å². The van der Waals surface area contributed by atoms with Crippen LogP contribution in [0.25, 0.3) is 0 Å². The maximum Gasteiger partial charge on any atom is 0.241 e. The van der Waals surface area contributed by atoms with Gasteiger partial charge in [-0.1, -0.05) is 29.8 Å². The van der Waals surface area contributed by atoms with Gasteiger partial charge in [-0.2, -0.15) is 0 Å². The van der Waals surface area contributed by atoms with Crippen LogP contribution in [0.3, 0.4) is 0 Å². The average molecular weight is 727 g/mol. The zero-order chi connectivity index (χ0) is 34.2. The number of benzene rings is 3. The Kier molecular flexibility index (Phi) is 7.68. The maximum absolute atomic E-state index is 14.6. The van der Waals surface area contributed by atoms with Gasteiger partial charge >= 0.3 is 0 Å². The van der Waals surface area contributed by atoms with Gasteiger partial charge in [0.1, 0.15) is 0 Å². The first-order valence-electron chi connectivity index (χ1n) is 16.7. The number of imide groups is 2. The van der Waals surface area contributed by atoms with E-state index in [2.05, 4.69) is 20.8 Å². The van der Waals surface area contributed by atoms with Crippen molar-refractivity contribution in [3.05, 3.63) is 88.4 Å². The summed E-state index contributed by atoms with van der Waals surface area (Å²) >= 11 is 3.46. The number of anilines is 3. The second kappa shape index (κ2) is 11.8. The van der Waals surface area contributed by atoms with Crippen LogP contribution in [0.4, 0.5) is 17.1 Å². The zero-order valence-corrected chi connectivity index (χ0v) is 28.8. The van der Waals surface area contributed by atoms with Crippen molar-refractivity contribution < 1.29 is 33.8 Å². The standard InChI is InChI=1S/C38H36BrN3O7/c1-38-28(35(45)42(37(38)47)23-6-4-3-5-7-23)20-27-25(32(38)21-18-29(39)33(43)30(19-21)48-2)12-13-26-31(27)36(46)41(34(26)44)24-10-8-22(9-11-24)40-14-16-49-17-15-40/h3-12,18-19,26-28,31-32,43H,13-17,20H2,1-2H3/t26-,27+,28-,31-,32-,38+/m0/s1. The van der Waals surface area contributed by atoms with Gasteiger partial charge in [-0.3, -0.25) is 24.1 Å². The van der Waals surface area contributed by atoms with Crippen molar-refractivity contribution in [3.63, 3.8) is 0 Å². The van der Waals surface area contributed by atoms with Gasteiger partial charge in [-0.25, -0.2) is 4.90 Å². The van der Waals surface area contributed by atoms with E-state index in [1.54, 1.807) is 36.4 Å². The van der Waals surface area contributed by atoms with Gasteiger partial charge in [0.15, 0.2) is 11.5 Å². The SMILES string of the molecule is COc1cc([C@H]2C3=CC[C@@H]4C(=O)N(c5ccc(N6CCOCC6)cc5)C(=O)[C@@H]4[C@@H]3C[C@H]3C(=O)N(c4ccccc4)C(=O)[C@@]23C)cc(Br)c1O. The molecule has 0 bridgehead atoms. The lowest BCUT2D eigenvalue weighted by Gasteiger charge is -2.49. The van der Waals surface area contributed by atoms with Crippen molar-refractivity contribution >= 4 is 56.6 Å². The molecule has 11 heteroatoms. The molecule has 5 aliphatic rings. The molecule has 3 saturated heterocycles. The molecule has 6 atom stereocenters. The number of nitrogens with zero attached hydrogens (tertiary/aromatic N) is 3. The first kappa shape index (κ1) is 31.8. The number of methoxy groups -OCH3 is 1. The number of phenolic OH excluding ortho intramolecular Hbond substituents is 1. The van der Waals surface area contributed by atoms with Gasteiger partial charge in [0.05, 0.1) is 59.3 Å². The normalized spacial score (nSPS) is 29.5. The summed E-state index contributed by atoms with van der Waals surface area (Å²) in [6, 6.07) is 19.9. The molecule has 0 aromatic heterocycles. The summed E-state index contributed by atoms with van der Waals surface area (Å²) in [6.07, 6.45) is 2.61. The molecule has 3 aliphatic heterocycles. The lowest BCUT2D eigenvalue weighted by Crippen LogP contribution is -2.48. The molecular weight excluding hydrogens is 690 g/mol. The van der Waals surface area contributed by atoms with E-state index in [0.29, 0.717) is 41.0 Å². The highest BCUT2D eigenvalue weighted by molar-refractivity contribution is 9.10. The second-order valence-corrected chi connectivity index (χ2v) is 14.5. The van der Waals surface area contributed by atoms with Gasteiger partial charge in [-0.05, 0) is 95.7 Å². The highest BCUT2D eigenvalue weighted by Crippen LogP contribution is 2.64. The van der Waals surface area contributed by atoms with Crippen molar-refractivity contribution in [1.29, 1.82) is 0 Å². The van der Waals surface area contributed by atoms with Gasteiger partial charge in [0.25, 0.3) is 0 Å². The fraction of sp³-hybridized carbons (Fsp3) is 0.368. The van der Waals surface area contributed by atoms with E-state index < -0.39 is 35.0 Å². The molecule has 49 heavy (non-hydrogen) atoms. The Morgan fingerprint density at radius 1 is 0.857 bits per heavy atom. The van der Waals surface area contributed by atoms with Crippen LogP contribution in [0.5, 0.6) is 11.5 Å². The fourth-order valence-corrected chi connectivity index (χ4v) is 9.48. The molecule has 4 amide bonds. The van der Waals surface area contributed by atoms with Crippen LogP contribution in [-0.4, -0.2) is 62.1 Å². The van der Waals surface area contributed by atoms with E-state index in [0.717, 1.165) is 24.4 Å². The first-order valence-corrected chi connectivity index (χ1v) is 17.4. The number of amides is 4. The number of carbonyl (C=O) groups is 4.